The summed E-state index contributed by atoms with van der Waals surface area (Å²) in [5.74, 6) is 0.403. The minimum Gasteiger partial charge on any atom is -0.496 e. The third-order valence-electron chi connectivity index (χ3n) is 4.31. The van der Waals surface area contributed by atoms with E-state index in [1.807, 2.05) is 42.5 Å². The van der Waals surface area contributed by atoms with Crippen LogP contribution >= 0.6 is 15.9 Å². The number of carbonyl (C=O) groups excluding carboxylic acids is 2. The van der Waals surface area contributed by atoms with Gasteiger partial charge in [0.25, 0.3) is 0 Å². The van der Waals surface area contributed by atoms with E-state index < -0.39 is 6.04 Å². The zero-order valence-corrected chi connectivity index (χ0v) is 15.7. The molecule has 0 saturated heterocycles. The fourth-order valence-electron chi connectivity index (χ4n) is 3.17. The smallest absolute Gasteiger partial charge is 0.243 e. The molecule has 1 heterocycles. The van der Waals surface area contributed by atoms with Crippen LogP contribution in [-0.4, -0.2) is 25.0 Å². The van der Waals surface area contributed by atoms with Crippen molar-refractivity contribution in [2.75, 3.05) is 12.0 Å². The second kappa shape index (κ2) is 7.27. The van der Waals surface area contributed by atoms with Gasteiger partial charge in [-0.25, -0.2) is 0 Å². The average molecular weight is 403 g/mol. The van der Waals surface area contributed by atoms with Gasteiger partial charge < -0.3 is 10.1 Å². The molecule has 5 nitrogen and oxygen atoms in total. The SMILES string of the molecule is COc1ccc(Br)cc1CNC(=O)[C@@H]1Cc2ccccc2N1C(C)=O. The zero-order chi connectivity index (χ0) is 18.0. The van der Waals surface area contributed by atoms with Crippen LogP contribution < -0.4 is 15.0 Å². The Hall–Kier alpha value is -2.34. The lowest BCUT2D eigenvalue weighted by atomic mass is 10.1. The van der Waals surface area contributed by atoms with Crippen molar-refractivity contribution in [3.05, 3.63) is 58.1 Å². The van der Waals surface area contributed by atoms with Gasteiger partial charge >= 0.3 is 0 Å². The molecule has 0 aromatic heterocycles. The van der Waals surface area contributed by atoms with Crippen molar-refractivity contribution >= 4 is 33.4 Å². The first kappa shape index (κ1) is 17.5. The molecule has 2 amide bonds. The van der Waals surface area contributed by atoms with Crippen LogP contribution in [0, 0.1) is 0 Å². The number of benzene rings is 2. The topological polar surface area (TPSA) is 58.6 Å². The van der Waals surface area contributed by atoms with Gasteiger partial charge in [0.15, 0.2) is 0 Å². The number of nitrogens with one attached hydrogen (secondary N) is 1. The van der Waals surface area contributed by atoms with Crippen molar-refractivity contribution in [2.45, 2.75) is 25.9 Å². The highest BCUT2D eigenvalue weighted by Gasteiger charge is 2.36. The number of ether oxygens (including phenoxy) is 1. The third-order valence-corrected chi connectivity index (χ3v) is 4.81. The Morgan fingerprint density at radius 2 is 2.04 bits per heavy atom. The summed E-state index contributed by atoms with van der Waals surface area (Å²) in [5.41, 5.74) is 2.70. The van der Waals surface area contributed by atoms with Gasteiger partial charge in [-0.1, -0.05) is 34.1 Å². The number of halogens is 1. The molecule has 6 heteroatoms. The Bertz CT molecular complexity index is 822. The van der Waals surface area contributed by atoms with Crippen molar-refractivity contribution in [2.24, 2.45) is 0 Å². The van der Waals surface area contributed by atoms with Crippen LogP contribution in [0.5, 0.6) is 5.75 Å². The van der Waals surface area contributed by atoms with E-state index in [0.29, 0.717) is 18.7 Å². The molecule has 1 N–H and O–H groups in total. The van der Waals surface area contributed by atoms with E-state index in [1.54, 1.807) is 12.0 Å². The van der Waals surface area contributed by atoms with Gasteiger partial charge in [0, 0.05) is 35.6 Å². The van der Waals surface area contributed by atoms with Crippen molar-refractivity contribution < 1.29 is 14.3 Å². The molecule has 2 aromatic rings. The summed E-state index contributed by atoms with van der Waals surface area (Å²) in [4.78, 5) is 26.4. The Kier molecular flexibility index (Phi) is 5.08. The predicted molar refractivity (Wildman–Crippen MR) is 99.6 cm³/mol. The largest absolute Gasteiger partial charge is 0.496 e. The van der Waals surface area contributed by atoms with E-state index in [1.165, 1.54) is 6.92 Å². The summed E-state index contributed by atoms with van der Waals surface area (Å²) in [6.07, 6.45) is 0.525. The number of fused-ring (bicyclic) bond motifs is 1. The minimum atomic E-state index is -0.520. The number of methoxy groups -OCH3 is 1. The first-order valence-corrected chi connectivity index (χ1v) is 8.78. The molecule has 0 saturated carbocycles. The molecular weight excluding hydrogens is 384 g/mol. The lowest BCUT2D eigenvalue weighted by Gasteiger charge is -2.23. The molecule has 0 fully saturated rings. The summed E-state index contributed by atoms with van der Waals surface area (Å²) in [6, 6.07) is 12.7. The van der Waals surface area contributed by atoms with Crippen LogP contribution in [0.25, 0.3) is 0 Å². The van der Waals surface area contributed by atoms with Crippen molar-refractivity contribution in [1.82, 2.24) is 5.32 Å². The molecule has 25 heavy (non-hydrogen) atoms. The molecule has 0 bridgehead atoms. The molecule has 2 aromatic carbocycles. The fourth-order valence-corrected chi connectivity index (χ4v) is 3.58. The standard InChI is InChI=1S/C19H19BrN2O3/c1-12(23)22-16-6-4-3-5-13(16)10-17(22)19(24)21-11-14-9-15(20)7-8-18(14)25-2/h3-9,17H,10-11H2,1-2H3,(H,21,24)/t17-/m0/s1. The molecule has 0 aliphatic carbocycles. The molecule has 3 rings (SSSR count). The highest BCUT2D eigenvalue weighted by Crippen LogP contribution is 2.32. The van der Waals surface area contributed by atoms with Crippen LogP contribution in [0.1, 0.15) is 18.1 Å². The number of hydrogen-bond donors (Lipinski definition) is 1. The van der Waals surface area contributed by atoms with E-state index in [0.717, 1.165) is 21.3 Å². The molecule has 0 spiro atoms. The number of amides is 2. The van der Waals surface area contributed by atoms with E-state index in [9.17, 15) is 9.59 Å². The van der Waals surface area contributed by atoms with Gasteiger partial charge in [0.05, 0.1) is 7.11 Å². The highest BCUT2D eigenvalue weighted by atomic mass is 79.9. The van der Waals surface area contributed by atoms with Crippen molar-refractivity contribution in [3.63, 3.8) is 0 Å². The monoisotopic (exact) mass is 402 g/mol. The number of carbonyl (C=O) groups is 2. The number of nitrogens with zero attached hydrogens (tertiary/aromatic N) is 1. The average Bonchev–Trinajstić information content (AvgIpc) is 2.99. The van der Waals surface area contributed by atoms with E-state index in [4.69, 9.17) is 4.74 Å². The van der Waals surface area contributed by atoms with Crippen LogP contribution in [-0.2, 0) is 22.6 Å². The number of anilines is 1. The normalized spacial score (nSPS) is 15.6. The summed E-state index contributed by atoms with van der Waals surface area (Å²) in [5, 5.41) is 2.93. The van der Waals surface area contributed by atoms with Gasteiger partial charge in [0.2, 0.25) is 11.8 Å². The Morgan fingerprint density at radius 1 is 1.28 bits per heavy atom. The minimum absolute atomic E-state index is 0.134. The van der Waals surface area contributed by atoms with Gasteiger partial charge in [-0.05, 0) is 29.8 Å². The van der Waals surface area contributed by atoms with Gasteiger partial charge in [-0.3, -0.25) is 14.5 Å². The predicted octanol–water partition coefficient (Wildman–Crippen LogP) is 3.05. The Balaban J connectivity index is 1.76. The maximum Gasteiger partial charge on any atom is 0.243 e. The number of hydrogen-bond acceptors (Lipinski definition) is 3. The molecule has 1 atom stereocenters. The summed E-state index contributed by atoms with van der Waals surface area (Å²) >= 11 is 3.43. The van der Waals surface area contributed by atoms with Gasteiger partial charge in [0.1, 0.15) is 11.8 Å². The second-order valence-electron chi connectivity index (χ2n) is 5.91. The number of rotatable bonds is 4. The van der Waals surface area contributed by atoms with E-state index in [2.05, 4.69) is 21.2 Å². The Labute approximate surface area is 155 Å². The molecule has 130 valence electrons. The first-order valence-electron chi connectivity index (χ1n) is 7.99. The molecule has 0 unspecified atom stereocenters. The van der Waals surface area contributed by atoms with Crippen LogP contribution in [0.3, 0.4) is 0 Å². The fraction of sp³-hybridized carbons (Fsp3) is 0.263. The van der Waals surface area contributed by atoms with Crippen LogP contribution in [0.4, 0.5) is 5.69 Å². The first-order chi connectivity index (χ1) is 12.0. The van der Waals surface area contributed by atoms with Crippen molar-refractivity contribution in [1.29, 1.82) is 0 Å². The lowest BCUT2D eigenvalue weighted by Crippen LogP contribution is -2.47. The Morgan fingerprint density at radius 3 is 2.76 bits per heavy atom. The molecule has 1 aliphatic rings. The highest BCUT2D eigenvalue weighted by molar-refractivity contribution is 9.10. The van der Waals surface area contributed by atoms with Crippen molar-refractivity contribution in [3.8, 4) is 5.75 Å². The molecular formula is C19H19BrN2O3. The maximum absolute atomic E-state index is 12.7. The maximum atomic E-state index is 12.7. The zero-order valence-electron chi connectivity index (χ0n) is 14.1. The van der Waals surface area contributed by atoms with Crippen LogP contribution in [0.15, 0.2) is 46.9 Å². The summed E-state index contributed by atoms with van der Waals surface area (Å²) in [6.45, 7) is 1.82. The quantitative estimate of drug-likeness (QED) is 0.854. The van der Waals surface area contributed by atoms with E-state index >= 15 is 0 Å². The van der Waals surface area contributed by atoms with Crippen LogP contribution in [0.2, 0.25) is 0 Å². The number of para-hydroxylation sites is 1. The van der Waals surface area contributed by atoms with Gasteiger partial charge in [-0.2, -0.15) is 0 Å². The molecule has 1 aliphatic heterocycles. The lowest BCUT2D eigenvalue weighted by molar-refractivity contribution is -0.125. The summed E-state index contributed by atoms with van der Waals surface area (Å²) in [7, 11) is 1.60. The van der Waals surface area contributed by atoms with Gasteiger partial charge in [-0.15, -0.1) is 0 Å². The second-order valence-corrected chi connectivity index (χ2v) is 6.83. The summed E-state index contributed by atoms with van der Waals surface area (Å²) < 4.78 is 6.24. The third kappa shape index (κ3) is 3.54. The molecule has 0 radical (unpaired) electrons. The van der Waals surface area contributed by atoms with E-state index in [-0.39, 0.29) is 11.8 Å².